The number of carbonyl (C=O) groups is 5. The topological polar surface area (TPSA) is 293 Å². The second kappa shape index (κ2) is 32.4. The summed E-state index contributed by atoms with van der Waals surface area (Å²) in [6.45, 7) is 4.67. The van der Waals surface area contributed by atoms with E-state index in [4.69, 9.17) is 24.8 Å². The third-order valence-corrected chi connectivity index (χ3v) is 6.90. The van der Waals surface area contributed by atoms with Gasteiger partial charge in [-0.2, -0.15) is 20.2 Å². The molecule has 61 heavy (non-hydrogen) atoms. The number of H-pyrrole nitrogens is 1. The molecule has 0 spiro atoms. The van der Waals surface area contributed by atoms with Gasteiger partial charge < -0.3 is 45.1 Å². The summed E-state index contributed by atoms with van der Waals surface area (Å²) >= 11 is 0. The number of aliphatic hydroxyl groups excluding tert-OH is 1. The van der Waals surface area contributed by atoms with Crippen molar-refractivity contribution in [3.05, 3.63) is 127 Å². The lowest BCUT2D eigenvalue weighted by Gasteiger charge is -2.24. The Balaban J connectivity index is 0.000000420. The molecule has 0 aliphatic carbocycles. The van der Waals surface area contributed by atoms with Gasteiger partial charge in [-0.3, -0.25) is 14.5 Å². The second-order valence-corrected chi connectivity index (χ2v) is 11.1. The Labute approximate surface area is 351 Å². The average molecular weight is 854 g/mol. The third-order valence-electron chi connectivity index (χ3n) is 6.90. The highest BCUT2D eigenvalue weighted by atomic mass is 17.2. The summed E-state index contributed by atoms with van der Waals surface area (Å²) in [6.07, 6.45) is 9.39. The van der Waals surface area contributed by atoms with E-state index in [9.17, 15) is 24.0 Å². The number of aliphatic hydroxyl groups is 1. The van der Waals surface area contributed by atoms with Crippen LogP contribution in [0.25, 0.3) is 0 Å². The summed E-state index contributed by atoms with van der Waals surface area (Å²) < 4.78 is 17.3. The van der Waals surface area contributed by atoms with Gasteiger partial charge in [0.15, 0.2) is 12.1 Å². The molecule has 3 aromatic heterocycles. The van der Waals surface area contributed by atoms with E-state index < -0.39 is 48.2 Å². The van der Waals surface area contributed by atoms with Crippen LogP contribution in [0.3, 0.4) is 0 Å². The molecular weight excluding hydrogens is 802 g/mol. The predicted octanol–water partition coefficient (Wildman–Crippen LogP) is 3.09. The first-order valence-corrected chi connectivity index (χ1v) is 18.3. The summed E-state index contributed by atoms with van der Waals surface area (Å²) in [6, 6.07) is 21.1. The van der Waals surface area contributed by atoms with Crippen molar-refractivity contribution in [3.63, 3.8) is 0 Å². The van der Waals surface area contributed by atoms with E-state index in [0.29, 0.717) is 0 Å². The first kappa shape index (κ1) is 51.4. The van der Waals surface area contributed by atoms with Gasteiger partial charge >= 0.3 is 30.1 Å². The third kappa shape index (κ3) is 23.4. The fraction of sp³-hybridized carbons (Fsp3) is 0.308. The minimum atomic E-state index is -1.15. The van der Waals surface area contributed by atoms with E-state index in [1.54, 1.807) is 43.1 Å². The number of aromatic nitrogens is 6. The summed E-state index contributed by atoms with van der Waals surface area (Å²) in [5.41, 5.74) is 1.72. The maximum atomic E-state index is 11.6. The van der Waals surface area contributed by atoms with Crippen molar-refractivity contribution in [2.24, 2.45) is 4.99 Å². The number of carboxylic acids is 2. The van der Waals surface area contributed by atoms with Crippen LogP contribution in [0.15, 0.2) is 121 Å². The van der Waals surface area contributed by atoms with Gasteiger partial charge in [-0.15, -0.1) is 0 Å². The highest BCUT2D eigenvalue weighted by Gasteiger charge is 2.32. The molecule has 4 heterocycles. The minimum Gasteiger partial charge on any atom is -0.480 e. The average Bonchev–Trinajstić information content (AvgIpc) is 4.13. The fourth-order valence-electron chi connectivity index (χ4n) is 4.06. The summed E-state index contributed by atoms with van der Waals surface area (Å²) in [5.74, 6) is -2.62. The number of benzene rings is 2. The van der Waals surface area contributed by atoms with E-state index >= 15 is 0 Å². The molecule has 1 saturated heterocycles. The zero-order chi connectivity index (χ0) is 45.1. The van der Waals surface area contributed by atoms with Crippen LogP contribution in [0.2, 0.25) is 0 Å². The molecule has 0 bridgehead atoms. The van der Waals surface area contributed by atoms with E-state index in [-0.39, 0.29) is 32.9 Å². The van der Waals surface area contributed by atoms with Gasteiger partial charge in [0, 0.05) is 44.3 Å². The number of aliphatic carboxylic acids is 2. The van der Waals surface area contributed by atoms with Crippen molar-refractivity contribution < 1.29 is 63.3 Å². The van der Waals surface area contributed by atoms with Gasteiger partial charge in [0.1, 0.15) is 25.9 Å². The maximum absolute atomic E-state index is 11.6. The van der Waals surface area contributed by atoms with E-state index in [1.807, 2.05) is 80.6 Å². The molecule has 1 aliphatic heterocycles. The highest BCUT2D eigenvalue weighted by molar-refractivity contribution is 5.85. The molecule has 3 atom stereocenters. The molecule has 2 amide bonds. The Morgan fingerprint density at radius 2 is 1.39 bits per heavy atom. The smallest absolute Gasteiger partial charge is 0.408 e. The van der Waals surface area contributed by atoms with Crippen LogP contribution < -0.4 is 10.6 Å². The first-order valence-electron chi connectivity index (χ1n) is 18.3. The summed E-state index contributed by atoms with van der Waals surface area (Å²) in [4.78, 5) is 67.7. The van der Waals surface area contributed by atoms with Crippen molar-refractivity contribution in [1.82, 2.24) is 40.4 Å². The number of amides is 2. The van der Waals surface area contributed by atoms with Gasteiger partial charge in [-0.05, 0) is 29.3 Å². The van der Waals surface area contributed by atoms with Gasteiger partial charge in [-0.25, -0.2) is 29.0 Å². The number of alkyl carbamates (subject to hydrolysis) is 2. The van der Waals surface area contributed by atoms with E-state index in [1.165, 1.54) is 22.7 Å². The number of carbonyl (C=O) groups excluding carboxylic acids is 3. The van der Waals surface area contributed by atoms with Crippen molar-refractivity contribution >= 4 is 36.5 Å². The Morgan fingerprint density at radius 1 is 0.836 bits per heavy atom. The van der Waals surface area contributed by atoms with Crippen molar-refractivity contribution in [2.45, 2.75) is 58.3 Å². The van der Waals surface area contributed by atoms with Crippen LogP contribution in [-0.2, 0) is 64.7 Å². The van der Waals surface area contributed by atoms with Gasteiger partial charge in [-0.1, -0.05) is 74.5 Å². The number of aromatic amines is 1. The predicted molar refractivity (Wildman–Crippen MR) is 216 cm³/mol. The molecule has 6 N–H and O–H groups in total. The number of rotatable bonds is 15. The quantitative estimate of drug-likeness (QED) is 0.0220. The van der Waals surface area contributed by atoms with Crippen LogP contribution in [0.1, 0.15) is 25.0 Å². The largest absolute Gasteiger partial charge is 0.480 e. The van der Waals surface area contributed by atoms with Gasteiger partial charge in [0.05, 0.1) is 20.2 Å². The number of ether oxygens (including phenoxy) is 3. The molecule has 5 aromatic rings. The molecule has 1 fully saturated rings. The molecule has 1 aliphatic rings. The zero-order valence-corrected chi connectivity index (χ0v) is 33.9. The Bertz CT molecular complexity index is 1880. The number of aliphatic imine (C=N–C) groups is 1. The maximum Gasteiger partial charge on any atom is 0.408 e. The van der Waals surface area contributed by atoms with Crippen LogP contribution in [0.5, 0.6) is 0 Å². The highest BCUT2D eigenvalue weighted by Crippen LogP contribution is 2.05. The number of hydrogen-bond donors (Lipinski definition) is 6. The lowest BCUT2D eigenvalue weighted by atomic mass is 10.2. The molecule has 2 aromatic carbocycles. The molecule has 0 saturated carbocycles. The lowest BCUT2D eigenvalue weighted by Crippen LogP contribution is -2.52. The van der Waals surface area contributed by atoms with Gasteiger partial charge in [0.2, 0.25) is 6.40 Å². The van der Waals surface area contributed by atoms with Crippen molar-refractivity contribution in [2.75, 3.05) is 20.8 Å². The zero-order valence-electron chi connectivity index (χ0n) is 33.9. The minimum absolute atomic E-state index is 0.0305. The van der Waals surface area contributed by atoms with Crippen molar-refractivity contribution in [3.8, 4) is 0 Å². The molecule has 22 nitrogen and oxygen atoms in total. The number of nitrogens with zero attached hydrogens (tertiary/aromatic N) is 6. The molecule has 0 radical (unpaired) electrons. The molecule has 0 unspecified atom stereocenters. The monoisotopic (exact) mass is 853 g/mol. The van der Waals surface area contributed by atoms with Gasteiger partial charge in [0.25, 0.3) is 0 Å². The molecule has 6 rings (SSSR count). The molecule has 22 heteroatoms. The summed E-state index contributed by atoms with van der Waals surface area (Å²) in [5, 5.41) is 43.6. The summed E-state index contributed by atoms with van der Waals surface area (Å²) in [7, 11) is 2.30. The number of nitrogens with one attached hydrogen (secondary N) is 3. The number of esters is 1. The van der Waals surface area contributed by atoms with Crippen molar-refractivity contribution in [1.29, 1.82) is 0 Å². The van der Waals surface area contributed by atoms with Crippen LogP contribution in [0, 0.1) is 0 Å². The van der Waals surface area contributed by atoms with Crippen LogP contribution in [0.4, 0.5) is 9.59 Å². The lowest BCUT2D eigenvalue weighted by molar-refractivity contribution is -0.188. The van der Waals surface area contributed by atoms with E-state index in [0.717, 1.165) is 24.6 Å². The Morgan fingerprint density at radius 3 is 1.79 bits per heavy atom. The fourth-order valence-corrected chi connectivity index (χ4v) is 4.06. The van der Waals surface area contributed by atoms with E-state index in [2.05, 4.69) is 50.5 Å². The number of cyclic esters (lactones) is 1. The molecule has 330 valence electrons. The Kier molecular flexibility index (Phi) is 27.3. The first-order chi connectivity index (χ1) is 29.6. The molecular formula is C39H51N9O13. The standard InChI is InChI=1S/C14H15N3O4.C11H11NO4.C8H11N3O4.C3H4N2.C2H6.CH4O/c18-13(19)12(9-17-8-4-7-15-17)16-14(20)21-10-11-5-2-1-3-6-11;13-10-9(7-15-10)12-11(14)16-6-8-4-2-1-3-5-8;1-14-15-6-9-7(8(12)13)5-11-4-2-3-10-11;1-2-4-5-3-1;2*1-2/h1-8,12H,9-10H2,(H,16,20)(H,18,19);1-5,9H,6-7H2,(H,12,14);2-4,6-7H,5H2,1H3,(H,12,13);1-3H,(H,4,5);1-2H3;2H,1H3/t12-;9-;7-;;;/m000.../s1. The second-order valence-electron chi connectivity index (χ2n) is 11.1. The Hall–Kier alpha value is -7.59. The SMILES string of the molecule is CC.CO.COOC=N[C@@H](Cn1cccn1)C(=O)O.O=C(N[C@@H](Cn1cccn1)C(=O)O)OCc1ccccc1.O=C(N[C@H]1COC1=O)OCc1ccccc1.c1cn[nH]c1. The number of carboxylic acid groups (broad SMARTS) is 2. The van der Waals surface area contributed by atoms with Crippen LogP contribution >= 0.6 is 0 Å². The van der Waals surface area contributed by atoms with Crippen LogP contribution in [-0.4, -0.2) is 121 Å². The normalized spacial score (nSPS) is 12.8. The number of hydrogen-bond acceptors (Lipinski definition) is 15.